The summed E-state index contributed by atoms with van der Waals surface area (Å²) in [7, 11) is 0. The molecule has 2 aromatic heterocycles. The van der Waals surface area contributed by atoms with Crippen LogP contribution in [0.2, 0.25) is 0 Å². The van der Waals surface area contributed by atoms with Gasteiger partial charge in [0.15, 0.2) is 0 Å². The quantitative estimate of drug-likeness (QED) is 0.780. The second-order valence-corrected chi connectivity index (χ2v) is 5.81. The number of amides is 1. The molecule has 0 bridgehead atoms. The standard InChI is InChI=1S/C16H15N3OS/c1-10-6-7-21-14(10)9-19-16(20)13-8-18-15(17)12-5-3-2-4-11(12)13/h2-8H,9H2,1H3,(H2,17,18)(H,19,20). The monoisotopic (exact) mass is 297 g/mol. The third kappa shape index (κ3) is 2.60. The molecule has 2 heterocycles. The maximum absolute atomic E-state index is 12.4. The molecule has 0 unspecified atom stereocenters. The van der Waals surface area contributed by atoms with E-state index in [0.29, 0.717) is 17.9 Å². The summed E-state index contributed by atoms with van der Waals surface area (Å²) in [6, 6.07) is 9.59. The van der Waals surface area contributed by atoms with Crippen molar-refractivity contribution in [3.8, 4) is 0 Å². The summed E-state index contributed by atoms with van der Waals surface area (Å²) in [4.78, 5) is 17.7. The van der Waals surface area contributed by atoms with E-state index >= 15 is 0 Å². The Hall–Kier alpha value is -2.40. The van der Waals surface area contributed by atoms with Crippen LogP contribution in [-0.4, -0.2) is 10.9 Å². The number of hydrogen-bond donors (Lipinski definition) is 2. The van der Waals surface area contributed by atoms with Crippen molar-refractivity contribution in [3.05, 3.63) is 57.9 Å². The lowest BCUT2D eigenvalue weighted by molar-refractivity contribution is 0.0952. The average molecular weight is 297 g/mol. The van der Waals surface area contributed by atoms with Crippen molar-refractivity contribution >= 4 is 33.8 Å². The lowest BCUT2D eigenvalue weighted by Crippen LogP contribution is -2.23. The van der Waals surface area contributed by atoms with Crippen LogP contribution < -0.4 is 11.1 Å². The molecule has 3 rings (SSSR count). The van der Waals surface area contributed by atoms with Gasteiger partial charge >= 0.3 is 0 Å². The third-order valence-corrected chi connectivity index (χ3v) is 4.47. The number of fused-ring (bicyclic) bond motifs is 1. The highest BCUT2D eigenvalue weighted by Crippen LogP contribution is 2.22. The Labute approximate surface area is 126 Å². The molecule has 1 aromatic carbocycles. The van der Waals surface area contributed by atoms with Gasteiger partial charge in [0.2, 0.25) is 0 Å². The smallest absolute Gasteiger partial charge is 0.253 e. The molecule has 21 heavy (non-hydrogen) atoms. The van der Waals surface area contributed by atoms with Gasteiger partial charge in [-0.1, -0.05) is 24.3 Å². The van der Waals surface area contributed by atoms with E-state index in [1.54, 1.807) is 11.3 Å². The number of rotatable bonds is 3. The summed E-state index contributed by atoms with van der Waals surface area (Å²) in [6.45, 7) is 2.57. The maximum atomic E-state index is 12.4. The van der Waals surface area contributed by atoms with Crippen LogP contribution in [0.5, 0.6) is 0 Å². The largest absolute Gasteiger partial charge is 0.383 e. The van der Waals surface area contributed by atoms with E-state index < -0.39 is 0 Å². The molecule has 0 aliphatic heterocycles. The van der Waals surface area contributed by atoms with E-state index in [-0.39, 0.29) is 5.91 Å². The molecule has 1 amide bonds. The number of thiophene rings is 1. The van der Waals surface area contributed by atoms with E-state index in [1.807, 2.05) is 42.6 Å². The Morgan fingerprint density at radius 3 is 2.76 bits per heavy atom. The van der Waals surface area contributed by atoms with Crippen LogP contribution in [0.15, 0.2) is 41.9 Å². The Morgan fingerprint density at radius 1 is 1.29 bits per heavy atom. The summed E-state index contributed by atoms with van der Waals surface area (Å²) in [5.74, 6) is 0.308. The van der Waals surface area contributed by atoms with Gasteiger partial charge in [-0.05, 0) is 29.3 Å². The normalized spacial score (nSPS) is 10.7. The number of nitrogens with two attached hydrogens (primary N) is 1. The number of nitrogen functional groups attached to an aromatic ring is 1. The number of carbonyl (C=O) groups excluding carboxylic acids is 1. The molecule has 3 N–H and O–H groups in total. The molecule has 0 fully saturated rings. The Kier molecular flexibility index (Phi) is 3.58. The SMILES string of the molecule is Cc1ccsc1CNC(=O)c1cnc(N)c2ccccc12. The summed E-state index contributed by atoms with van der Waals surface area (Å²) >= 11 is 1.64. The third-order valence-electron chi connectivity index (χ3n) is 3.45. The van der Waals surface area contributed by atoms with Crippen LogP contribution in [-0.2, 0) is 6.54 Å². The number of aryl methyl sites for hydroxylation is 1. The predicted molar refractivity (Wildman–Crippen MR) is 86.4 cm³/mol. The predicted octanol–water partition coefficient (Wildman–Crippen LogP) is 3.12. The minimum Gasteiger partial charge on any atom is -0.383 e. The van der Waals surface area contributed by atoms with E-state index in [4.69, 9.17) is 5.73 Å². The summed E-state index contributed by atoms with van der Waals surface area (Å²) < 4.78 is 0. The molecule has 0 aliphatic rings. The van der Waals surface area contributed by atoms with Crippen molar-refractivity contribution < 1.29 is 4.79 Å². The van der Waals surface area contributed by atoms with Crippen LogP contribution >= 0.6 is 11.3 Å². The molecular weight excluding hydrogens is 282 g/mol. The molecule has 3 aromatic rings. The van der Waals surface area contributed by atoms with Crippen LogP contribution in [0.25, 0.3) is 10.8 Å². The van der Waals surface area contributed by atoms with Gasteiger partial charge in [0.1, 0.15) is 5.82 Å². The number of benzene rings is 1. The van der Waals surface area contributed by atoms with E-state index in [1.165, 1.54) is 11.8 Å². The molecule has 0 radical (unpaired) electrons. The number of anilines is 1. The van der Waals surface area contributed by atoms with Crippen LogP contribution in [0.1, 0.15) is 20.8 Å². The number of carbonyl (C=O) groups is 1. The van der Waals surface area contributed by atoms with Gasteiger partial charge in [-0.2, -0.15) is 0 Å². The van der Waals surface area contributed by atoms with Gasteiger partial charge in [0.05, 0.1) is 12.1 Å². The van der Waals surface area contributed by atoms with Gasteiger partial charge in [0.25, 0.3) is 5.91 Å². The summed E-state index contributed by atoms with van der Waals surface area (Å²) in [5, 5.41) is 6.60. The second-order valence-electron chi connectivity index (χ2n) is 4.81. The van der Waals surface area contributed by atoms with E-state index in [9.17, 15) is 4.79 Å². The van der Waals surface area contributed by atoms with E-state index in [0.717, 1.165) is 15.6 Å². The summed E-state index contributed by atoms with van der Waals surface area (Å²) in [5.41, 5.74) is 7.60. The fraction of sp³-hybridized carbons (Fsp3) is 0.125. The summed E-state index contributed by atoms with van der Waals surface area (Å²) in [6.07, 6.45) is 1.54. The van der Waals surface area contributed by atoms with Gasteiger partial charge in [-0.25, -0.2) is 4.98 Å². The highest BCUT2D eigenvalue weighted by Gasteiger charge is 2.12. The van der Waals surface area contributed by atoms with Crippen LogP contribution in [0.3, 0.4) is 0 Å². The Bertz CT molecular complexity index is 810. The number of nitrogens with one attached hydrogen (secondary N) is 1. The van der Waals surface area contributed by atoms with Crippen molar-refractivity contribution in [2.24, 2.45) is 0 Å². The van der Waals surface area contributed by atoms with Gasteiger partial charge < -0.3 is 11.1 Å². The van der Waals surface area contributed by atoms with Crippen molar-refractivity contribution in [3.63, 3.8) is 0 Å². The minimum atomic E-state index is -0.133. The van der Waals surface area contributed by atoms with Gasteiger partial charge in [0, 0.05) is 16.5 Å². The molecule has 0 aliphatic carbocycles. The van der Waals surface area contributed by atoms with Crippen molar-refractivity contribution in [1.82, 2.24) is 10.3 Å². The molecule has 0 spiro atoms. The zero-order chi connectivity index (χ0) is 14.8. The maximum Gasteiger partial charge on any atom is 0.253 e. The molecule has 106 valence electrons. The minimum absolute atomic E-state index is 0.133. The van der Waals surface area contributed by atoms with Gasteiger partial charge in [-0.3, -0.25) is 4.79 Å². The number of hydrogen-bond acceptors (Lipinski definition) is 4. The van der Waals surface area contributed by atoms with Crippen LogP contribution in [0.4, 0.5) is 5.82 Å². The van der Waals surface area contributed by atoms with Crippen molar-refractivity contribution in [2.75, 3.05) is 5.73 Å². The average Bonchev–Trinajstić information content (AvgIpc) is 2.91. The lowest BCUT2D eigenvalue weighted by Gasteiger charge is -2.09. The molecule has 0 saturated carbocycles. The number of nitrogens with zero attached hydrogens (tertiary/aromatic N) is 1. The first kappa shape index (κ1) is 13.6. The fourth-order valence-corrected chi connectivity index (χ4v) is 3.08. The highest BCUT2D eigenvalue weighted by molar-refractivity contribution is 7.10. The van der Waals surface area contributed by atoms with Crippen LogP contribution in [0, 0.1) is 6.92 Å². The molecule has 0 saturated heterocycles. The topological polar surface area (TPSA) is 68.0 Å². The molecule has 4 nitrogen and oxygen atoms in total. The zero-order valence-electron chi connectivity index (χ0n) is 11.6. The van der Waals surface area contributed by atoms with Crippen molar-refractivity contribution in [1.29, 1.82) is 0 Å². The highest BCUT2D eigenvalue weighted by atomic mass is 32.1. The fourth-order valence-electron chi connectivity index (χ4n) is 2.24. The number of aromatic nitrogens is 1. The second kappa shape index (κ2) is 5.54. The molecular formula is C16H15N3OS. The molecule has 0 atom stereocenters. The van der Waals surface area contributed by atoms with Crippen molar-refractivity contribution in [2.45, 2.75) is 13.5 Å². The molecule has 5 heteroatoms. The number of pyridine rings is 1. The zero-order valence-corrected chi connectivity index (χ0v) is 12.4. The van der Waals surface area contributed by atoms with Gasteiger partial charge in [-0.15, -0.1) is 11.3 Å². The Morgan fingerprint density at radius 2 is 2.05 bits per heavy atom. The Balaban J connectivity index is 1.88. The first-order valence-electron chi connectivity index (χ1n) is 6.61. The van der Waals surface area contributed by atoms with E-state index in [2.05, 4.69) is 10.3 Å². The first-order chi connectivity index (χ1) is 10.2. The lowest BCUT2D eigenvalue weighted by atomic mass is 10.1. The first-order valence-corrected chi connectivity index (χ1v) is 7.49.